The monoisotopic (exact) mass is 544 g/mol. The number of ether oxygens (including phenoxy) is 2. The molecule has 10 heteroatoms. The smallest absolute Gasteiger partial charge is 0.319 e. The Kier molecular flexibility index (Phi) is 6.04. The van der Waals surface area contributed by atoms with Gasteiger partial charge in [-0.2, -0.15) is 5.26 Å². The van der Waals surface area contributed by atoms with E-state index >= 15 is 0 Å². The maximum absolute atomic E-state index is 14.2. The van der Waals surface area contributed by atoms with E-state index in [0.717, 1.165) is 5.56 Å². The number of aliphatic hydroxyl groups is 2. The van der Waals surface area contributed by atoms with Crippen molar-refractivity contribution in [1.82, 2.24) is 9.88 Å². The highest BCUT2D eigenvalue weighted by Crippen LogP contribution is 2.70. The number of alkyl halides is 2. The second-order valence-corrected chi connectivity index (χ2v) is 10.6. The predicted molar refractivity (Wildman–Crippen MR) is 139 cm³/mol. The summed E-state index contributed by atoms with van der Waals surface area (Å²) in [4.78, 5) is 9.25. The van der Waals surface area contributed by atoms with E-state index in [0.29, 0.717) is 11.1 Å². The van der Waals surface area contributed by atoms with Crippen molar-refractivity contribution in [2.75, 3.05) is 26.7 Å². The van der Waals surface area contributed by atoms with Gasteiger partial charge in [-0.05, 0) is 23.3 Å². The number of aliphatic hydroxyl groups excluding tert-OH is 1. The molecule has 3 aliphatic rings. The first-order valence-corrected chi connectivity index (χ1v) is 12.9. The van der Waals surface area contributed by atoms with Gasteiger partial charge >= 0.3 is 5.88 Å². The van der Waals surface area contributed by atoms with Gasteiger partial charge in [0.05, 0.1) is 31.4 Å². The number of aromatic nitrogens is 1. The fourth-order valence-electron chi connectivity index (χ4n) is 6.88. The second kappa shape index (κ2) is 9.24. The van der Waals surface area contributed by atoms with Crippen molar-refractivity contribution >= 4 is 5.82 Å². The highest BCUT2D eigenvalue weighted by atomic mass is 19.3. The Balaban J connectivity index is 1.62. The van der Waals surface area contributed by atoms with Crippen LogP contribution in [0.3, 0.4) is 0 Å². The van der Waals surface area contributed by atoms with Crippen molar-refractivity contribution < 1.29 is 28.5 Å². The molecule has 2 aromatic carbocycles. The molecule has 40 heavy (non-hydrogen) atoms. The summed E-state index contributed by atoms with van der Waals surface area (Å²) in [5.74, 6) is -4.28. The van der Waals surface area contributed by atoms with E-state index < -0.39 is 41.6 Å². The molecule has 2 fully saturated rings. The van der Waals surface area contributed by atoms with E-state index in [2.05, 4.69) is 15.9 Å². The van der Waals surface area contributed by atoms with E-state index in [9.17, 15) is 24.3 Å². The van der Waals surface area contributed by atoms with Crippen molar-refractivity contribution in [2.45, 2.75) is 35.6 Å². The van der Waals surface area contributed by atoms with Crippen molar-refractivity contribution in [3.05, 3.63) is 94.3 Å². The van der Waals surface area contributed by atoms with Crippen molar-refractivity contribution in [2.24, 2.45) is 5.92 Å². The molecule has 5 atom stereocenters. The fraction of sp³-hybridized carbons (Fsp3) is 0.367. The van der Waals surface area contributed by atoms with Gasteiger partial charge in [-0.15, -0.1) is 0 Å². The molecule has 1 aliphatic carbocycles. The molecule has 0 unspecified atom stereocenters. The zero-order valence-electron chi connectivity index (χ0n) is 21.6. The Morgan fingerprint density at radius 2 is 1.95 bits per heavy atom. The molecule has 2 aliphatic heterocycles. The summed E-state index contributed by atoms with van der Waals surface area (Å²) in [7, 11) is 1.35. The lowest BCUT2D eigenvalue weighted by molar-refractivity contribution is -0.152. The minimum atomic E-state index is -2.84. The number of halogens is 2. The summed E-state index contributed by atoms with van der Waals surface area (Å²) in [5.41, 5.74) is -2.15. The third kappa shape index (κ3) is 3.61. The van der Waals surface area contributed by atoms with Gasteiger partial charge in [0.1, 0.15) is 11.3 Å². The van der Waals surface area contributed by atoms with Crippen LogP contribution in [0.1, 0.15) is 34.6 Å². The van der Waals surface area contributed by atoms with Crippen molar-refractivity contribution in [1.29, 1.82) is 5.26 Å². The molecule has 0 spiro atoms. The molecule has 0 amide bonds. The van der Waals surface area contributed by atoms with E-state index in [1.807, 2.05) is 30.3 Å². The van der Waals surface area contributed by atoms with Gasteiger partial charge in [-0.3, -0.25) is 4.90 Å². The molecule has 0 bridgehead atoms. The Bertz CT molecular complexity index is 1540. The molecule has 3 aromatic rings. The summed E-state index contributed by atoms with van der Waals surface area (Å²) in [5, 5.41) is 34.4. The normalized spacial score (nSPS) is 30.1. The lowest BCUT2D eigenvalue weighted by Gasteiger charge is -2.40. The average molecular weight is 545 g/mol. The second-order valence-electron chi connectivity index (χ2n) is 10.6. The average Bonchev–Trinajstić information content (AvgIpc) is 3.51. The number of nitrogens with zero attached hydrogens (tertiary/aromatic N) is 4. The summed E-state index contributed by atoms with van der Waals surface area (Å²) in [6.07, 6.45) is -1.79. The van der Waals surface area contributed by atoms with Crippen LogP contribution >= 0.6 is 0 Å². The largest absolute Gasteiger partial charge is 0.479 e. The number of rotatable bonds is 5. The minimum Gasteiger partial charge on any atom is -0.479 e. The number of fused-ring (bicyclic) bond motifs is 3. The van der Waals surface area contributed by atoms with Crippen LogP contribution in [-0.2, 0) is 11.2 Å². The Morgan fingerprint density at radius 1 is 1.23 bits per heavy atom. The quantitative estimate of drug-likeness (QED) is 0.466. The number of likely N-dealkylation sites (tertiary alicyclic amines) is 1. The van der Waals surface area contributed by atoms with E-state index in [-0.39, 0.29) is 42.5 Å². The summed E-state index contributed by atoms with van der Waals surface area (Å²) >= 11 is 0. The zero-order chi connectivity index (χ0) is 28.3. The number of pyridine rings is 1. The van der Waals surface area contributed by atoms with Gasteiger partial charge < -0.3 is 24.5 Å². The minimum absolute atomic E-state index is 0.0178. The first kappa shape index (κ1) is 26.1. The highest BCUT2D eigenvalue weighted by molar-refractivity contribution is 5.62. The van der Waals surface area contributed by atoms with Crippen LogP contribution in [0.4, 0.5) is 14.6 Å². The summed E-state index contributed by atoms with van der Waals surface area (Å²) < 4.78 is 40.7. The van der Waals surface area contributed by atoms with E-state index in [1.54, 1.807) is 29.2 Å². The maximum Gasteiger partial charge on any atom is 0.319 e. The number of benzene rings is 2. The third-order valence-corrected chi connectivity index (χ3v) is 8.48. The van der Waals surface area contributed by atoms with Crippen LogP contribution in [-0.4, -0.2) is 58.9 Å². The molecule has 1 saturated carbocycles. The lowest BCUT2D eigenvalue weighted by atomic mass is 9.70. The molecule has 3 heterocycles. The fourth-order valence-corrected chi connectivity index (χ4v) is 6.88. The number of hydrogen-bond donors (Lipinski definition) is 2. The molecular formula is C30H26F2N4O4. The molecule has 1 saturated heterocycles. The molecule has 1 aromatic heterocycles. The zero-order valence-corrected chi connectivity index (χ0v) is 21.6. The van der Waals surface area contributed by atoms with Gasteiger partial charge in [-0.1, -0.05) is 54.0 Å². The number of hydrogen-bond acceptors (Lipinski definition) is 7. The first-order chi connectivity index (χ1) is 19.2. The van der Waals surface area contributed by atoms with Crippen LogP contribution in [0.15, 0.2) is 60.7 Å². The van der Waals surface area contributed by atoms with Crippen molar-refractivity contribution in [3.63, 3.8) is 0 Å². The highest BCUT2D eigenvalue weighted by Gasteiger charge is 2.77. The molecule has 204 valence electrons. The van der Waals surface area contributed by atoms with Crippen LogP contribution < -0.4 is 9.47 Å². The Morgan fingerprint density at radius 3 is 2.55 bits per heavy atom. The van der Waals surface area contributed by atoms with E-state index in [4.69, 9.17) is 16.0 Å². The third-order valence-electron chi connectivity index (χ3n) is 8.48. The van der Waals surface area contributed by atoms with Gasteiger partial charge in [0.15, 0.2) is 11.2 Å². The molecule has 6 rings (SSSR count). The number of methoxy groups -OCH3 is 1. The number of nitriles is 1. The van der Waals surface area contributed by atoms with E-state index in [1.165, 1.54) is 13.2 Å². The van der Waals surface area contributed by atoms with Crippen LogP contribution in [0.5, 0.6) is 11.6 Å². The SMILES string of the molecule is [C-]#[N+]c1cc2c(c(OC)n1)[C@]1(O)[C@H](O)[C@H](CN3CCC(F)(F)C3)[C@@H](c3ccccc3)[C@]1(c1ccc(C#N)cc1)O2. The molecule has 8 nitrogen and oxygen atoms in total. The molecule has 2 N–H and O–H groups in total. The van der Waals surface area contributed by atoms with Crippen molar-refractivity contribution in [3.8, 4) is 17.7 Å². The van der Waals surface area contributed by atoms with Gasteiger partial charge in [0, 0.05) is 37.4 Å². The van der Waals surface area contributed by atoms with Crippen LogP contribution in [0.25, 0.3) is 4.85 Å². The standard InChI is InChI=1S/C30H26F2N4O4/c1-34-23-14-22-25(27(35-23)39-2)29(38)26(37)21(16-36-13-12-28(31,32)17-36)24(19-6-4-3-5-7-19)30(29,40-22)20-10-8-18(15-33)9-11-20/h3-11,14,21,24,26,37-38H,12-13,16-17H2,2H3/t21-,24-,26-,29+,30+/m1/s1. The first-order valence-electron chi connectivity index (χ1n) is 12.9. The Labute approximate surface area is 229 Å². The predicted octanol–water partition coefficient (Wildman–Crippen LogP) is 4.10. The van der Waals surface area contributed by atoms with Gasteiger partial charge in [0.2, 0.25) is 0 Å². The van der Waals surface area contributed by atoms with Crippen LogP contribution in [0.2, 0.25) is 0 Å². The topological polar surface area (TPSA) is 103 Å². The summed E-state index contributed by atoms with van der Waals surface area (Å²) in [6, 6.07) is 19.2. The maximum atomic E-state index is 14.2. The Hall–Kier alpha value is -4.09. The van der Waals surface area contributed by atoms with Gasteiger partial charge in [0.25, 0.3) is 11.7 Å². The molecule has 0 radical (unpaired) electrons. The molecular weight excluding hydrogens is 518 g/mol. The van der Waals surface area contributed by atoms with Crippen LogP contribution in [0, 0.1) is 23.8 Å². The summed E-state index contributed by atoms with van der Waals surface area (Å²) in [6.45, 7) is 7.27. The lowest BCUT2D eigenvalue weighted by Crippen LogP contribution is -2.52. The van der Waals surface area contributed by atoms with Gasteiger partial charge in [-0.25, -0.2) is 8.78 Å².